The second-order valence-corrected chi connectivity index (χ2v) is 6.05. The third-order valence-electron chi connectivity index (χ3n) is 4.05. The van der Waals surface area contributed by atoms with E-state index in [2.05, 4.69) is 9.88 Å². The number of morpholine rings is 1. The number of fused-ring (bicyclic) bond motifs is 1. The zero-order valence-corrected chi connectivity index (χ0v) is 12.6. The fraction of sp³-hybridized carbons (Fsp3) is 0.625. The van der Waals surface area contributed by atoms with E-state index in [-0.39, 0.29) is 18.0 Å². The number of pyridine rings is 1. The molecule has 2 fully saturated rings. The van der Waals surface area contributed by atoms with Crippen molar-refractivity contribution in [1.29, 1.82) is 0 Å². The SMILES string of the molecule is CC(C)Oc1cncc(C(=O)C2CN3CCCC3CO2)c1. The molecule has 0 aromatic carbocycles. The Balaban J connectivity index is 1.70. The highest BCUT2D eigenvalue weighted by atomic mass is 16.5. The molecule has 1 aromatic heterocycles. The van der Waals surface area contributed by atoms with Crippen LogP contribution < -0.4 is 4.74 Å². The van der Waals surface area contributed by atoms with Gasteiger partial charge in [-0.3, -0.25) is 14.7 Å². The van der Waals surface area contributed by atoms with Gasteiger partial charge in [0.1, 0.15) is 11.9 Å². The Kier molecular flexibility index (Phi) is 4.22. The summed E-state index contributed by atoms with van der Waals surface area (Å²) in [6.07, 6.45) is 5.29. The number of rotatable bonds is 4. The van der Waals surface area contributed by atoms with Crippen LogP contribution in [-0.4, -0.2) is 53.6 Å². The monoisotopic (exact) mass is 290 g/mol. The Bertz CT molecular complexity index is 518. The van der Waals surface area contributed by atoms with Gasteiger partial charge in [0.25, 0.3) is 0 Å². The predicted octanol–water partition coefficient (Wildman–Crippen LogP) is 1.91. The van der Waals surface area contributed by atoms with Gasteiger partial charge in [0, 0.05) is 24.3 Å². The van der Waals surface area contributed by atoms with E-state index < -0.39 is 0 Å². The number of hydrogen-bond donors (Lipinski definition) is 0. The Hall–Kier alpha value is -1.46. The van der Waals surface area contributed by atoms with Crippen molar-refractivity contribution in [2.24, 2.45) is 0 Å². The van der Waals surface area contributed by atoms with Crippen LogP contribution in [0, 0.1) is 0 Å². The molecule has 5 nitrogen and oxygen atoms in total. The topological polar surface area (TPSA) is 51.7 Å². The molecule has 0 aliphatic carbocycles. The first-order valence-electron chi connectivity index (χ1n) is 7.65. The fourth-order valence-electron chi connectivity index (χ4n) is 3.05. The maximum absolute atomic E-state index is 12.6. The normalized spacial score (nSPS) is 25.9. The molecule has 0 bridgehead atoms. The molecule has 0 N–H and O–H groups in total. The fourth-order valence-corrected chi connectivity index (χ4v) is 3.05. The van der Waals surface area contributed by atoms with Gasteiger partial charge < -0.3 is 9.47 Å². The first kappa shape index (κ1) is 14.5. The highest BCUT2D eigenvalue weighted by Crippen LogP contribution is 2.24. The van der Waals surface area contributed by atoms with Crippen LogP contribution in [0.15, 0.2) is 18.5 Å². The van der Waals surface area contributed by atoms with E-state index in [1.54, 1.807) is 18.5 Å². The lowest BCUT2D eigenvalue weighted by atomic mass is 10.1. The van der Waals surface area contributed by atoms with E-state index in [0.29, 0.717) is 30.5 Å². The van der Waals surface area contributed by atoms with Crippen LogP contribution in [0.25, 0.3) is 0 Å². The zero-order chi connectivity index (χ0) is 14.8. The number of aromatic nitrogens is 1. The molecular weight excluding hydrogens is 268 g/mol. The third-order valence-corrected chi connectivity index (χ3v) is 4.05. The van der Waals surface area contributed by atoms with Crippen molar-refractivity contribution in [3.63, 3.8) is 0 Å². The summed E-state index contributed by atoms with van der Waals surface area (Å²) in [6, 6.07) is 2.26. The highest BCUT2D eigenvalue weighted by Gasteiger charge is 2.35. The van der Waals surface area contributed by atoms with Gasteiger partial charge in [-0.2, -0.15) is 0 Å². The Morgan fingerprint density at radius 2 is 2.33 bits per heavy atom. The summed E-state index contributed by atoms with van der Waals surface area (Å²) in [7, 11) is 0. The largest absolute Gasteiger partial charge is 0.489 e. The molecule has 3 heterocycles. The number of hydrogen-bond acceptors (Lipinski definition) is 5. The van der Waals surface area contributed by atoms with Crippen molar-refractivity contribution in [2.45, 2.75) is 44.9 Å². The van der Waals surface area contributed by atoms with Crippen molar-refractivity contribution in [3.8, 4) is 5.75 Å². The number of Topliss-reactive ketones (excluding diaryl/α,β-unsaturated/α-hetero) is 1. The Labute approximate surface area is 125 Å². The highest BCUT2D eigenvalue weighted by molar-refractivity contribution is 5.99. The van der Waals surface area contributed by atoms with Crippen LogP contribution >= 0.6 is 0 Å². The molecule has 2 saturated heterocycles. The van der Waals surface area contributed by atoms with Gasteiger partial charge >= 0.3 is 0 Å². The average Bonchev–Trinajstić information content (AvgIpc) is 2.93. The molecule has 1 aromatic rings. The smallest absolute Gasteiger partial charge is 0.194 e. The molecule has 0 amide bonds. The minimum absolute atomic E-state index is 0.00190. The average molecular weight is 290 g/mol. The number of ether oxygens (including phenoxy) is 2. The minimum Gasteiger partial charge on any atom is -0.489 e. The maximum Gasteiger partial charge on any atom is 0.194 e. The van der Waals surface area contributed by atoms with Gasteiger partial charge in [-0.05, 0) is 39.3 Å². The number of carbonyl (C=O) groups excluding carboxylic acids is 1. The summed E-state index contributed by atoms with van der Waals surface area (Å²) in [5.41, 5.74) is 0.566. The first-order valence-corrected chi connectivity index (χ1v) is 7.65. The number of ketones is 1. The van der Waals surface area contributed by atoms with Crippen LogP contribution in [0.4, 0.5) is 0 Å². The quantitative estimate of drug-likeness (QED) is 0.793. The Morgan fingerprint density at radius 1 is 1.48 bits per heavy atom. The van der Waals surface area contributed by atoms with Gasteiger partial charge in [0.05, 0.1) is 18.9 Å². The lowest BCUT2D eigenvalue weighted by molar-refractivity contribution is -0.0344. The second-order valence-electron chi connectivity index (χ2n) is 6.05. The Morgan fingerprint density at radius 3 is 3.14 bits per heavy atom. The molecule has 114 valence electrons. The lowest BCUT2D eigenvalue weighted by Crippen LogP contribution is -2.49. The van der Waals surface area contributed by atoms with Crippen molar-refractivity contribution in [1.82, 2.24) is 9.88 Å². The van der Waals surface area contributed by atoms with E-state index in [1.165, 1.54) is 12.8 Å². The van der Waals surface area contributed by atoms with E-state index in [9.17, 15) is 4.79 Å². The van der Waals surface area contributed by atoms with Crippen LogP contribution in [0.3, 0.4) is 0 Å². The molecule has 5 heteroatoms. The van der Waals surface area contributed by atoms with E-state index in [0.717, 1.165) is 6.54 Å². The third kappa shape index (κ3) is 3.24. The molecule has 2 unspecified atom stereocenters. The molecule has 2 atom stereocenters. The number of nitrogens with zero attached hydrogens (tertiary/aromatic N) is 2. The molecular formula is C16H22N2O3. The van der Waals surface area contributed by atoms with Crippen LogP contribution in [0.1, 0.15) is 37.0 Å². The lowest BCUT2D eigenvalue weighted by Gasteiger charge is -2.34. The predicted molar refractivity (Wildman–Crippen MR) is 78.7 cm³/mol. The van der Waals surface area contributed by atoms with Crippen LogP contribution in [0.5, 0.6) is 5.75 Å². The van der Waals surface area contributed by atoms with E-state index in [1.807, 2.05) is 13.8 Å². The van der Waals surface area contributed by atoms with E-state index in [4.69, 9.17) is 9.47 Å². The summed E-state index contributed by atoms with van der Waals surface area (Å²) < 4.78 is 11.4. The van der Waals surface area contributed by atoms with Crippen molar-refractivity contribution in [3.05, 3.63) is 24.0 Å². The van der Waals surface area contributed by atoms with Gasteiger partial charge in [-0.25, -0.2) is 0 Å². The second kappa shape index (κ2) is 6.12. The molecule has 21 heavy (non-hydrogen) atoms. The van der Waals surface area contributed by atoms with Crippen molar-refractivity contribution >= 4 is 5.78 Å². The van der Waals surface area contributed by atoms with Gasteiger partial charge in [-0.1, -0.05) is 0 Å². The molecule has 2 aliphatic rings. The maximum atomic E-state index is 12.6. The summed E-state index contributed by atoms with van der Waals surface area (Å²) in [4.78, 5) is 19.1. The molecule has 0 radical (unpaired) electrons. The summed E-state index contributed by atoms with van der Waals surface area (Å²) in [5, 5.41) is 0. The zero-order valence-electron chi connectivity index (χ0n) is 12.6. The molecule has 2 aliphatic heterocycles. The molecule has 0 saturated carbocycles. The summed E-state index contributed by atoms with van der Waals surface area (Å²) in [6.45, 7) is 6.33. The van der Waals surface area contributed by atoms with Crippen molar-refractivity contribution < 1.29 is 14.3 Å². The van der Waals surface area contributed by atoms with Crippen molar-refractivity contribution in [2.75, 3.05) is 19.7 Å². The standard InChI is InChI=1S/C16H22N2O3/c1-11(2)21-14-6-12(7-17-8-14)16(19)15-9-18-5-3-4-13(18)10-20-15/h6-8,11,13,15H,3-5,9-10H2,1-2H3. The van der Waals surface area contributed by atoms with Gasteiger partial charge in [0.2, 0.25) is 0 Å². The minimum atomic E-state index is -0.379. The van der Waals surface area contributed by atoms with E-state index >= 15 is 0 Å². The summed E-state index contributed by atoms with van der Waals surface area (Å²) >= 11 is 0. The summed E-state index contributed by atoms with van der Waals surface area (Å²) in [5.74, 6) is 0.632. The van der Waals surface area contributed by atoms with Gasteiger partial charge in [0.15, 0.2) is 5.78 Å². The number of carbonyl (C=O) groups is 1. The van der Waals surface area contributed by atoms with Crippen LogP contribution in [-0.2, 0) is 4.74 Å². The van der Waals surface area contributed by atoms with Gasteiger partial charge in [-0.15, -0.1) is 0 Å². The molecule has 3 rings (SSSR count). The molecule has 0 spiro atoms. The first-order chi connectivity index (χ1) is 10.1. The van der Waals surface area contributed by atoms with Crippen LogP contribution in [0.2, 0.25) is 0 Å².